The smallest absolute Gasteiger partial charge is 0.168 e. The summed E-state index contributed by atoms with van der Waals surface area (Å²) in [6.07, 6.45) is 6.97. The van der Waals surface area contributed by atoms with Gasteiger partial charge < -0.3 is 11.1 Å². The van der Waals surface area contributed by atoms with E-state index in [9.17, 15) is 8.78 Å². The maximum atomic E-state index is 13.3. The fourth-order valence-corrected chi connectivity index (χ4v) is 1.72. The minimum absolute atomic E-state index is 0.0301. The van der Waals surface area contributed by atoms with E-state index < -0.39 is 11.6 Å². The molecule has 3 nitrogen and oxygen atoms in total. The zero-order valence-corrected chi connectivity index (χ0v) is 10.8. The van der Waals surface area contributed by atoms with Gasteiger partial charge in [0, 0.05) is 12.6 Å². The van der Waals surface area contributed by atoms with E-state index in [-0.39, 0.29) is 11.6 Å². The van der Waals surface area contributed by atoms with E-state index in [2.05, 4.69) is 17.2 Å². The Kier molecular flexibility index (Phi) is 6.39. The van der Waals surface area contributed by atoms with Crippen molar-refractivity contribution in [2.45, 2.75) is 45.4 Å². The summed E-state index contributed by atoms with van der Waals surface area (Å²) in [6, 6.07) is 0.756. The summed E-state index contributed by atoms with van der Waals surface area (Å²) in [5.41, 5.74) is 5.28. The standard InChI is InChI=1S/C13H21F2N3/c1-2-3-4-5-6-7-8-17-13-11(15)9-10(14)12(16)18-13/h9H,2-8H2,1H3,(H3,16,17,18). The number of aromatic nitrogens is 1. The van der Waals surface area contributed by atoms with Gasteiger partial charge in [-0.15, -0.1) is 0 Å². The monoisotopic (exact) mass is 257 g/mol. The number of hydrogen-bond donors (Lipinski definition) is 2. The fourth-order valence-electron chi connectivity index (χ4n) is 1.72. The van der Waals surface area contributed by atoms with Crippen LogP contribution in [-0.4, -0.2) is 11.5 Å². The molecule has 0 saturated carbocycles. The van der Waals surface area contributed by atoms with E-state index in [1.54, 1.807) is 0 Å². The third-order valence-electron chi connectivity index (χ3n) is 2.78. The van der Waals surface area contributed by atoms with Crippen molar-refractivity contribution < 1.29 is 8.78 Å². The molecule has 0 radical (unpaired) electrons. The number of nitrogens with one attached hydrogen (secondary N) is 1. The highest BCUT2D eigenvalue weighted by Gasteiger charge is 2.08. The van der Waals surface area contributed by atoms with Gasteiger partial charge >= 0.3 is 0 Å². The summed E-state index contributed by atoms with van der Waals surface area (Å²) in [6.45, 7) is 2.80. The second-order valence-corrected chi connectivity index (χ2v) is 4.38. The van der Waals surface area contributed by atoms with Gasteiger partial charge in [0.15, 0.2) is 23.3 Å². The number of rotatable bonds is 8. The minimum Gasteiger partial charge on any atom is -0.381 e. The normalized spacial score (nSPS) is 10.6. The number of nitrogens with two attached hydrogens (primary N) is 1. The van der Waals surface area contributed by atoms with Crippen LogP contribution in [0.15, 0.2) is 6.07 Å². The molecule has 3 N–H and O–H groups in total. The van der Waals surface area contributed by atoms with Crippen molar-refractivity contribution in [3.8, 4) is 0 Å². The summed E-state index contributed by atoms with van der Waals surface area (Å²) in [5.74, 6) is -1.77. The van der Waals surface area contributed by atoms with E-state index in [1.807, 2.05) is 0 Å². The Morgan fingerprint density at radius 1 is 1.11 bits per heavy atom. The molecule has 102 valence electrons. The highest BCUT2D eigenvalue weighted by atomic mass is 19.1. The average Bonchev–Trinajstić information content (AvgIpc) is 2.34. The van der Waals surface area contributed by atoms with Crippen LogP contribution in [0, 0.1) is 11.6 Å². The number of halogens is 2. The van der Waals surface area contributed by atoms with Gasteiger partial charge in [0.1, 0.15) is 0 Å². The first kappa shape index (κ1) is 14.7. The van der Waals surface area contributed by atoms with E-state index in [0.29, 0.717) is 6.54 Å². The predicted molar refractivity (Wildman–Crippen MR) is 70.4 cm³/mol. The Morgan fingerprint density at radius 3 is 2.50 bits per heavy atom. The van der Waals surface area contributed by atoms with E-state index in [0.717, 1.165) is 18.9 Å². The zero-order chi connectivity index (χ0) is 13.4. The Hall–Kier alpha value is -1.39. The summed E-state index contributed by atoms with van der Waals surface area (Å²) >= 11 is 0. The van der Waals surface area contributed by atoms with Gasteiger partial charge in [-0.2, -0.15) is 0 Å². The zero-order valence-electron chi connectivity index (χ0n) is 10.8. The van der Waals surface area contributed by atoms with Crippen LogP contribution >= 0.6 is 0 Å². The van der Waals surface area contributed by atoms with Crippen molar-refractivity contribution in [3.63, 3.8) is 0 Å². The number of anilines is 2. The Morgan fingerprint density at radius 2 is 1.78 bits per heavy atom. The molecule has 0 amide bonds. The Labute approximate surface area is 107 Å². The number of pyridine rings is 1. The molecule has 0 aliphatic carbocycles. The van der Waals surface area contributed by atoms with Crippen LogP contribution in [0.2, 0.25) is 0 Å². The summed E-state index contributed by atoms with van der Waals surface area (Å²) in [7, 11) is 0. The highest BCUT2D eigenvalue weighted by molar-refractivity contribution is 5.44. The second-order valence-electron chi connectivity index (χ2n) is 4.38. The van der Waals surface area contributed by atoms with Gasteiger partial charge in [-0.05, 0) is 6.42 Å². The molecule has 1 aromatic rings. The lowest BCUT2D eigenvalue weighted by atomic mass is 10.1. The molecule has 0 aliphatic heterocycles. The molecule has 0 atom stereocenters. The summed E-state index contributed by atoms with van der Waals surface area (Å²) in [5, 5.41) is 2.84. The third kappa shape index (κ3) is 4.85. The molecule has 0 fully saturated rings. The first-order valence-electron chi connectivity index (χ1n) is 6.50. The van der Waals surface area contributed by atoms with Crippen molar-refractivity contribution in [3.05, 3.63) is 17.7 Å². The number of unbranched alkanes of at least 4 members (excludes halogenated alkanes) is 5. The summed E-state index contributed by atoms with van der Waals surface area (Å²) in [4.78, 5) is 3.64. The van der Waals surface area contributed by atoms with Gasteiger partial charge in [0.2, 0.25) is 0 Å². The van der Waals surface area contributed by atoms with Crippen molar-refractivity contribution in [1.82, 2.24) is 4.98 Å². The Bertz CT molecular complexity index is 369. The lowest BCUT2D eigenvalue weighted by Gasteiger charge is -2.07. The molecule has 0 aromatic carbocycles. The topological polar surface area (TPSA) is 50.9 Å². The minimum atomic E-state index is -0.822. The largest absolute Gasteiger partial charge is 0.381 e. The van der Waals surface area contributed by atoms with E-state index in [1.165, 1.54) is 25.7 Å². The number of nitrogens with zero attached hydrogens (tertiary/aromatic N) is 1. The lowest BCUT2D eigenvalue weighted by molar-refractivity contribution is 0.577. The first-order chi connectivity index (χ1) is 8.65. The highest BCUT2D eigenvalue weighted by Crippen LogP contribution is 2.16. The van der Waals surface area contributed by atoms with Crippen LogP contribution in [0.3, 0.4) is 0 Å². The molecular weight excluding hydrogens is 236 g/mol. The van der Waals surface area contributed by atoms with Gasteiger partial charge in [-0.25, -0.2) is 13.8 Å². The maximum absolute atomic E-state index is 13.3. The van der Waals surface area contributed by atoms with Crippen molar-refractivity contribution in [2.75, 3.05) is 17.6 Å². The maximum Gasteiger partial charge on any atom is 0.168 e. The number of nitrogen functional groups attached to an aromatic ring is 1. The quantitative estimate of drug-likeness (QED) is 0.698. The molecule has 0 saturated heterocycles. The molecule has 0 unspecified atom stereocenters. The lowest BCUT2D eigenvalue weighted by Crippen LogP contribution is -2.08. The van der Waals surface area contributed by atoms with Crippen molar-refractivity contribution >= 4 is 11.6 Å². The van der Waals surface area contributed by atoms with Crippen LogP contribution in [0.4, 0.5) is 20.4 Å². The molecule has 1 rings (SSSR count). The van der Waals surface area contributed by atoms with Crippen LogP contribution in [0.25, 0.3) is 0 Å². The van der Waals surface area contributed by atoms with Crippen LogP contribution in [0.1, 0.15) is 45.4 Å². The predicted octanol–water partition coefficient (Wildman–Crippen LogP) is 3.71. The van der Waals surface area contributed by atoms with Gasteiger partial charge in [0.05, 0.1) is 0 Å². The molecule has 18 heavy (non-hydrogen) atoms. The second kappa shape index (κ2) is 7.84. The Balaban J connectivity index is 2.25. The van der Waals surface area contributed by atoms with Crippen molar-refractivity contribution in [2.24, 2.45) is 0 Å². The van der Waals surface area contributed by atoms with Crippen LogP contribution in [0.5, 0.6) is 0 Å². The summed E-state index contributed by atoms with van der Waals surface area (Å²) < 4.78 is 26.2. The average molecular weight is 257 g/mol. The SMILES string of the molecule is CCCCCCCCNc1nc(N)c(F)cc1F. The molecule has 1 heterocycles. The molecule has 1 aromatic heterocycles. The fraction of sp³-hybridized carbons (Fsp3) is 0.615. The van der Waals surface area contributed by atoms with Gasteiger partial charge in [-0.1, -0.05) is 39.0 Å². The van der Waals surface area contributed by atoms with Crippen LogP contribution < -0.4 is 11.1 Å². The third-order valence-corrected chi connectivity index (χ3v) is 2.78. The van der Waals surface area contributed by atoms with Crippen molar-refractivity contribution in [1.29, 1.82) is 0 Å². The molecular formula is C13H21F2N3. The molecule has 0 spiro atoms. The molecule has 0 bridgehead atoms. The van der Waals surface area contributed by atoms with E-state index in [4.69, 9.17) is 5.73 Å². The van der Waals surface area contributed by atoms with E-state index >= 15 is 0 Å². The molecule has 5 heteroatoms. The molecule has 0 aliphatic rings. The van der Waals surface area contributed by atoms with Crippen LogP contribution in [-0.2, 0) is 0 Å². The first-order valence-corrected chi connectivity index (χ1v) is 6.50. The number of hydrogen-bond acceptors (Lipinski definition) is 3. The van der Waals surface area contributed by atoms with Gasteiger partial charge in [-0.3, -0.25) is 0 Å². The van der Waals surface area contributed by atoms with Gasteiger partial charge in [0.25, 0.3) is 0 Å².